The van der Waals surface area contributed by atoms with Gasteiger partial charge in [0.2, 0.25) is 0 Å². The number of nitrogens with zero attached hydrogens (tertiary/aromatic N) is 2. The predicted octanol–water partition coefficient (Wildman–Crippen LogP) is 1.06. The van der Waals surface area contributed by atoms with Crippen LogP contribution in [0.15, 0.2) is 22.6 Å². The van der Waals surface area contributed by atoms with E-state index < -0.39 is 23.5 Å². The van der Waals surface area contributed by atoms with Gasteiger partial charge in [-0.1, -0.05) is 0 Å². The van der Waals surface area contributed by atoms with E-state index in [1.807, 2.05) is 0 Å². The molecule has 0 radical (unpaired) electrons. The van der Waals surface area contributed by atoms with Gasteiger partial charge in [0.15, 0.2) is 0 Å². The number of benzene rings is 1. The second-order valence-corrected chi connectivity index (χ2v) is 2.84. The van der Waals surface area contributed by atoms with Crippen molar-refractivity contribution < 1.29 is 23.1 Å². The van der Waals surface area contributed by atoms with Crippen molar-refractivity contribution in [1.82, 2.24) is 10.2 Å². The average Bonchev–Trinajstić information content (AvgIpc) is 2.66. The molecule has 8 heteroatoms. The number of aromatic nitrogens is 2. The van der Waals surface area contributed by atoms with Crippen LogP contribution in [0, 0.1) is 11.6 Å². The quantitative estimate of drug-likeness (QED) is 0.786. The molecular formula is C9H5F2LiN2O3. The molecule has 0 spiro atoms. The Morgan fingerprint density at radius 1 is 1.29 bits per heavy atom. The summed E-state index contributed by atoms with van der Waals surface area (Å²) in [4.78, 5) is 10.4. The Labute approximate surface area is 106 Å². The fraction of sp³-hybridized carbons (Fsp3) is 0. The van der Waals surface area contributed by atoms with Crippen LogP contribution < -0.4 is 0 Å². The molecule has 1 N–H and O–H groups in total. The van der Waals surface area contributed by atoms with Crippen molar-refractivity contribution in [2.75, 3.05) is 0 Å². The monoisotopic (exact) mass is 234 g/mol. The first-order chi connectivity index (χ1) is 7.58. The van der Waals surface area contributed by atoms with Crippen molar-refractivity contribution >= 4 is 24.8 Å². The van der Waals surface area contributed by atoms with E-state index in [9.17, 15) is 13.6 Å². The van der Waals surface area contributed by atoms with Gasteiger partial charge in [0.05, 0.1) is 5.56 Å². The Morgan fingerprint density at radius 3 is 2.53 bits per heavy atom. The van der Waals surface area contributed by atoms with Crippen molar-refractivity contribution in [3.05, 3.63) is 35.7 Å². The zero-order valence-corrected chi connectivity index (χ0v) is 7.65. The van der Waals surface area contributed by atoms with Gasteiger partial charge in [-0.25, -0.2) is 13.6 Å². The summed E-state index contributed by atoms with van der Waals surface area (Å²) in [6.45, 7) is 0. The number of halogens is 2. The predicted molar refractivity (Wildman–Crippen MR) is 53.8 cm³/mol. The third kappa shape index (κ3) is 2.70. The standard InChI is InChI=1S/C9H4F2N2O3.Li.H/c10-4-1-2-5(6(11)3-4)7-12-13-8(16-7)9(14)15;;/h1-3H,(H,14,15);;. The van der Waals surface area contributed by atoms with E-state index in [0.29, 0.717) is 6.07 Å². The SMILES string of the molecule is O=C(O)c1nnc(-c2ccc(F)cc2F)o1.[LiH]. The summed E-state index contributed by atoms with van der Waals surface area (Å²) >= 11 is 0. The van der Waals surface area contributed by atoms with E-state index >= 15 is 0 Å². The molecule has 1 heterocycles. The van der Waals surface area contributed by atoms with E-state index in [-0.39, 0.29) is 30.3 Å². The third-order valence-corrected chi connectivity index (χ3v) is 1.77. The van der Waals surface area contributed by atoms with Crippen LogP contribution >= 0.6 is 0 Å². The summed E-state index contributed by atoms with van der Waals surface area (Å²) in [5, 5.41) is 15.0. The van der Waals surface area contributed by atoms with Crippen molar-refractivity contribution in [2.45, 2.75) is 0 Å². The van der Waals surface area contributed by atoms with Gasteiger partial charge in [-0.05, 0) is 12.1 Å². The molecule has 17 heavy (non-hydrogen) atoms. The minimum absolute atomic E-state index is 0. The van der Waals surface area contributed by atoms with Gasteiger partial charge in [-0.2, -0.15) is 0 Å². The number of aromatic carboxylic acids is 1. The molecule has 1 aromatic heterocycles. The van der Waals surface area contributed by atoms with Gasteiger partial charge < -0.3 is 9.52 Å². The van der Waals surface area contributed by atoms with Crippen LogP contribution in [-0.4, -0.2) is 40.1 Å². The fourth-order valence-electron chi connectivity index (χ4n) is 1.08. The van der Waals surface area contributed by atoms with Crippen molar-refractivity contribution in [3.63, 3.8) is 0 Å². The van der Waals surface area contributed by atoms with Gasteiger partial charge in [0, 0.05) is 6.07 Å². The topological polar surface area (TPSA) is 76.2 Å². The second-order valence-electron chi connectivity index (χ2n) is 2.84. The molecule has 0 aliphatic heterocycles. The zero-order valence-electron chi connectivity index (χ0n) is 7.65. The van der Waals surface area contributed by atoms with Gasteiger partial charge in [-0.15, -0.1) is 10.2 Å². The molecular weight excluding hydrogens is 229 g/mol. The summed E-state index contributed by atoms with van der Waals surface area (Å²) in [7, 11) is 0. The number of hydrogen-bond acceptors (Lipinski definition) is 4. The molecule has 0 atom stereocenters. The van der Waals surface area contributed by atoms with Crippen molar-refractivity contribution in [3.8, 4) is 11.5 Å². The molecule has 0 bridgehead atoms. The number of rotatable bonds is 2. The van der Waals surface area contributed by atoms with E-state index in [0.717, 1.165) is 12.1 Å². The summed E-state index contributed by atoms with van der Waals surface area (Å²) < 4.78 is 30.5. The molecule has 0 aliphatic carbocycles. The molecule has 1 aromatic carbocycles. The molecule has 2 aromatic rings. The van der Waals surface area contributed by atoms with E-state index in [1.54, 1.807) is 0 Å². The number of carboxylic acids is 1. The van der Waals surface area contributed by atoms with Crippen LogP contribution in [0.3, 0.4) is 0 Å². The van der Waals surface area contributed by atoms with E-state index in [4.69, 9.17) is 5.11 Å². The Morgan fingerprint density at radius 2 is 2.00 bits per heavy atom. The molecule has 5 nitrogen and oxygen atoms in total. The first kappa shape index (κ1) is 13.4. The Hall–Kier alpha value is -1.71. The van der Waals surface area contributed by atoms with Crippen LogP contribution in [0.4, 0.5) is 8.78 Å². The molecule has 0 amide bonds. The molecule has 0 fully saturated rings. The zero-order chi connectivity index (χ0) is 11.7. The average molecular weight is 234 g/mol. The van der Waals surface area contributed by atoms with Crippen LogP contribution in [0.25, 0.3) is 11.5 Å². The molecule has 0 saturated carbocycles. The molecule has 0 aliphatic rings. The van der Waals surface area contributed by atoms with Crippen LogP contribution in [0.1, 0.15) is 10.7 Å². The maximum absolute atomic E-state index is 13.2. The third-order valence-electron chi connectivity index (χ3n) is 1.77. The summed E-state index contributed by atoms with van der Waals surface area (Å²) in [6.07, 6.45) is 0. The maximum atomic E-state index is 13.2. The summed E-state index contributed by atoms with van der Waals surface area (Å²) in [5.41, 5.74) is -0.151. The first-order valence-electron chi connectivity index (χ1n) is 4.10. The summed E-state index contributed by atoms with van der Waals surface area (Å²) in [5.74, 6) is -4.03. The number of carbonyl (C=O) groups is 1. The molecule has 84 valence electrons. The summed E-state index contributed by atoms with van der Waals surface area (Å²) in [6, 6.07) is 2.73. The second kappa shape index (κ2) is 5.08. The van der Waals surface area contributed by atoms with Gasteiger partial charge >= 0.3 is 30.7 Å². The van der Waals surface area contributed by atoms with Gasteiger partial charge in [0.25, 0.3) is 5.89 Å². The fourth-order valence-corrected chi connectivity index (χ4v) is 1.08. The Kier molecular flexibility index (Phi) is 3.99. The van der Waals surface area contributed by atoms with Crippen LogP contribution in [-0.2, 0) is 0 Å². The van der Waals surface area contributed by atoms with Crippen LogP contribution in [0.2, 0.25) is 0 Å². The molecule has 0 unspecified atom stereocenters. The Bertz CT molecular complexity index is 559. The van der Waals surface area contributed by atoms with E-state index in [1.165, 1.54) is 0 Å². The van der Waals surface area contributed by atoms with Crippen LogP contribution in [0.5, 0.6) is 0 Å². The minimum atomic E-state index is -1.42. The molecule has 2 rings (SSSR count). The van der Waals surface area contributed by atoms with Crippen molar-refractivity contribution in [2.24, 2.45) is 0 Å². The van der Waals surface area contributed by atoms with Crippen molar-refractivity contribution in [1.29, 1.82) is 0 Å². The number of carboxylic acid groups (broad SMARTS) is 1. The normalized spacial score (nSPS) is 9.76. The van der Waals surface area contributed by atoms with E-state index in [2.05, 4.69) is 14.6 Å². The molecule has 0 saturated heterocycles. The van der Waals surface area contributed by atoms with Gasteiger partial charge in [0.1, 0.15) is 11.6 Å². The number of hydrogen-bond donors (Lipinski definition) is 1. The Balaban J connectivity index is 0.00000144. The van der Waals surface area contributed by atoms with Gasteiger partial charge in [-0.3, -0.25) is 0 Å². The first-order valence-corrected chi connectivity index (χ1v) is 4.10.